The summed E-state index contributed by atoms with van der Waals surface area (Å²) in [6.45, 7) is 5.23. The van der Waals surface area contributed by atoms with Gasteiger partial charge in [-0.05, 0) is 25.2 Å². The number of aliphatic imine (C=N–C) groups is 1. The zero-order valence-electron chi connectivity index (χ0n) is 12.8. The molecule has 0 spiro atoms. The predicted octanol–water partition coefficient (Wildman–Crippen LogP) is 2.95. The van der Waals surface area contributed by atoms with Gasteiger partial charge >= 0.3 is 0 Å². The lowest BCUT2D eigenvalue weighted by molar-refractivity contribution is 0.324. The van der Waals surface area contributed by atoms with Gasteiger partial charge in [0.15, 0.2) is 5.96 Å². The molecule has 4 nitrogen and oxygen atoms in total. The third kappa shape index (κ3) is 4.47. The maximum absolute atomic E-state index is 4.57. The van der Waals surface area contributed by atoms with Crippen LogP contribution in [0.1, 0.15) is 50.2 Å². The van der Waals surface area contributed by atoms with Gasteiger partial charge in [0.1, 0.15) is 0 Å². The number of hydrogen-bond acceptors (Lipinski definition) is 3. The maximum Gasteiger partial charge on any atom is 0.191 e. The molecule has 0 saturated heterocycles. The summed E-state index contributed by atoms with van der Waals surface area (Å²) in [5.74, 6) is 1.72. The summed E-state index contributed by atoms with van der Waals surface area (Å²) >= 11 is 1.73. The van der Waals surface area contributed by atoms with E-state index in [4.69, 9.17) is 0 Å². The second-order valence-electron chi connectivity index (χ2n) is 5.62. The van der Waals surface area contributed by atoms with Crippen molar-refractivity contribution < 1.29 is 0 Å². The van der Waals surface area contributed by atoms with Gasteiger partial charge in [-0.15, -0.1) is 11.3 Å². The summed E-state index contributed by atoms with van der Waals surface area (Å²) < 4.78 is 0. The molecular formula is C15H26N4S. The number of aryl methyl sites for hydroxylation is 1. The fraction of sp³-hybridized carbons (Fsp3) is 0.733. The number of hydrogen-bond donors (Lipinski definition) is 2. The average Bonchev–Trinajstić information content (AvgIpc) is 2.91. The standard InChI is InChI=1S/C15H26N4S/c1-4-14-18-13(10-20-14)9-17-15(16-3)19-12-7-5-6-11(2)8-12/h10-12H,4-9H2,1-3H3,(H2,16,17,19). The fourth-order valence-electron chi connectivity index (χ4n) is 2.72. The highest BCUT2D eigenvalue weighted by Gasteiger charge is 2.19. The van der Waals surface area contributed by atoms with Crippen molar-refractivity contribution >= 4 is 17.3 Å². The summed E-state index contributed by atoms with van der Waals surface area (Å²) in [4.78, 5) is 8.89. The number of nitrogens with one attached hydrogen (secondary N) is 2. The van der Waals surface area contributed by atoms with Crippen LogP contribution in [0.3, 0.4) is 0 Å². The van der Waals surface area contributed by atoms with Crippen molar-refractivity contribution in [1.29, 1.82) is 0 Å². The molecule has 2 rings (SSSR count). The summed E-state index contributed by atoms with van der Waals surface area (Å²) in [5, 5.41) is 10.2. The first-order valence-corrected chi connectivity index (χ1v) is 8.49. The van der Waals surface area contributed by atoms with E-state index < -0.39 is 0 Å². The Morgan fingerprint density at radius 1 is 1.50 bits per heavy atom. The molecule has 1 aromatic rings. The van der Waals surface area contributed by atoms with E-state index in [0.29, 0.717) is 6.04 Å². The zero-order valence-corrected chi connectivity index (χ0v) is 13.6. The molecular weight excluding hydrogens is 268 g/mol. The van der Waals surface area contributed by atoms with Crippen LogP contribution in [0.25, 0.3) is 0 Å². The van der Waals surface area contributed by atoms with Crippen molar-refractivity contribution in [3.8, 4) is 0 Å². The van der Waals surface area contributed by atoms with Gasteiger partial charge in [0, 0.05) is 18.5 Å². The summed E-state index contributed by atoms with van der Waals surface area (Å²) in [7, 11) is 1.83. The molecule has 5 heteroatoms. The molecule has 2 N–H and O–H groups in total. The van der Waals surface area contributed by atoms with E-state index in [1.54, 1.807) is 11.3 Å². The molecule has 1 fully saturated rings. The van der Waals surface area contributed by atoms with Crippen molar-refractivity contribution in [2.45, 2.75) is 58.5 Å². The Morgan fingerprint density at radius 3 is 3.00 bits per heavy atom. The van der Waals surface area contributed by atoms with Gasteiger partial charge in [0.05, 0.1) is 17.2 Å². The van der Waals surface area contributed by atoms with Crippen LogP contribution >= 0.6 is 11.3 Å². The third-order valence-electron chi connectivity index (χ3n) is 3.84. The Hall–Kier alpha value is -1.10. The molecule has 2 unspecified atom stereocenters. The maximum atomic E-state index is 4.57. The highest BCUT2D eigenvalue weighted by molar-refractivity contribution is 7.09. The molecule has 1 aliphatic rings. The minimum absolute atomic E-state index is 0.562. The van der Waals surface area contributed by atoms with Crippen molar-refractivity contribution in [3.05, 3.63) is 16.1 Å². The number of aromatic nitrogens is 1. The van der Waals surface area contributed by atoms with Gasteiger partial charge < -0.3 is 10.6 Å². The quantitative estimate of drug-likeness (QED) is 0.663. The Bertz CT molecular complexity index is 441. The van der Waals surface area contributed by atoms with Gasteiger partial charge in [-0.2, -0.15) is 0 Å². The lowest BCUT2D eigenvalue weighted by atomic mass is 9.87. The largest absolute Gasteiger partial charge is 0.354 e. The minimum Gasteiger partial charge on any atom is -0.354 e. The van der Waals surface area contributed by atoms with Crippen LogP contribution in [-0.4, -0.2) is 24.0 Å². The molecule has 0 amide bonds. The molecule has 112 valence electrons. The van der Waals surface area contributed by atoms with Crippen LogP contribution in [-0.2, 0) is 13.0 Å². The SMILES string of the molecule is CCc1nc(CNC(=NC)NC2CCCC(C)C2)cs1. The Morgan fingerprint density at radius 2 is 2.35 bits per heavy atom. The van der Waals surface area contributed by atoms with Crippen LogP contribution < -0.4 is 10.6 Å². The molecule has 20 heavy (non-hydrogen) atoms. The van der Waals surface area contributed by atoms with Gasteiger partial charge in [-0.3, -0.25) is 4.99 Å². The number of guanidine groups is 1. The number of thiazole rings is 1. The summed E-state index contributed by atoms with van der Waals surface area (Å²) in [6, 6.07) is 0.562. The minimum atomic E-state index is 0.562. The first kappa shape index (κ1) is 15.3. The Kier molecular flexibility index (Phi) is 5.83. The van der Waals surface area contributed by atoms with E-state index in [1.165, 1.54) is 30.7 Å². The Balaban J connectivity index is 1.80. The van der Waals surface area contributed by atoms with E-state index >= 15 is 0 Å². The molecule has 0 radical (unpaired) electrons. The van der Waals surface area contributed by atoms with Crippen LogP contribution in [0.15, 0.2) is 10.4 Å². The molecule has 0 aliphatic heterocycles. The van der Waals surface area contributed by atoms with Crippen molar-refractivity contribution in [2.24, 2.45) is 10.9 Å². The van der Waals surface area contributed by atoms with E-state index in [-0.39, 0.29) is 0 Å². The average molecular weight is 294 g/mol. The van der Waals surface area contributed by atoms with Crippen molar-refractivity contribution in [2.75, 3.05) is 7.05 Å². The first-order valence-electron chi connectivity index (χ1n) is 7.61. The van der Waals surface area contributed by atoms with Gasteiger partial charge in [-0.25, -0.2) is 4.98 Å². The number of nitrogens with zero attached hydrogens (tertiary/aromatic N) is 2. The zero-order chi connectivity index (χ0) is 14.4. The second-order valence-corrected chi connectivity index (χ2v) is 6.57. The molecule has 2 atom stereocenters. The van der Waals surface area contributed by atoms with Crippen LogP contribution in [0.5, 0.6) is 0 Å². The van der Waals surface area contributed by atoms with E-state index in [0.717, 1.165) is 30.5 Å². The molecule has 1 aliphatic carbocycles. The van der Waals surface area contributed by atoms with Crippen molar-refractivity contribution in [1.82, 2.24) is 15.6 Å². The lowest BCUT2D eigenvalue weighted by Gasteiger charge is -2.28. The molecule has 1 aromatic heterocycles. The molecule has 1 saturated carbocycles. The first-order chi connectivity index (χ1) is 9.71. The number of rotatable bonds is 4. The van der Waals surface area contributed by atoms with Gasteiger partial charge in [0.25, 0.3) is 0 Å². The predicted molar refractivity (Wildman–Crippen MR) is 86.2 cm³/mol. The fourth-order valence-corrected chi connectivity index (χ4v) is 3.46. The van der Waals surface area contributed by atoms with Gasteiger partial charge in [0.2, 0.25) is 0 Å². The normalized spacial score (nSPS) is 23.6. The van der Waals surface area contributed by atoms with Gasteiger partial charge in [-0.1, -0.05) is 26.7 Å². The molecule has 1 heterocycles. The molecule has 0 bridgehead atoms. The smallest absolute Gasteiger partial charge is 0.191 e. The van der Waals surface area contributed by atoms with Crippen LogP contribution in [0.2, 0.25) is 0 Å². The highest BCUT2D eigenvalue weighted by Crippen LogP contribution is 2.23. The topological polar surface area (TPSA) is 49.3 Å². The summed E-state index contributed by atoms with van der Waals surface area (Å²) in [5.41, 5.74) is 1.10. The lowest BCUT2D eigenvalue weighted by Crippen LogP contribution is -2.44. The second kappa shape index (κ2) is 7.62. The van der Waals surface area contributed by atoms with Crippen LogP contribution in [0.4, 0.5) is 0 Å². The third-order valence-corrected chi connectivity index (χ3v) is 4.88. The van der Waals surface area contributed by atoms with E-state index in [1.807, 2.05) is 7.05 Å². The monoisotopic (exact) mass is 294 g/mol. The Labute approximate surface area is 126 Å². The molecule has 0 aromatic carbocycles. The summed E-state index contributed by atoms with van der Waals surface area (Å²) in [6.07, 6.45) is 6.20. The highest BCUT2D eigenvalue weighted by atomic mass is 32.1. The van der Waals surface area contributed by atoms with Crippen molar-refractivity contribution in [3.63, 3.8) is 0 Å². The van der Waals surface area contributed by atoms with Crippen LogP contribution in [0, 0.1) is 5.92 Å². The van der Waals surface area contributed by atoms with E-state index in [9.17, 15) is 0 Å². The van der Waals surface area contributed by atoms with E-state index in [2.05, 4.69) is 39.8 Å².